The van der Waals surface area contributed by atoms with Crippen molar-refractivity contribution in [3.05, 3.63) is 92.1 Å². The third-order valence-corrected chi connectivity index (χ3v) is 5.31. The minimum atomic E-state index is -0.308. The number of nitrogens with zero attached hydrogens (tertiary/aromatic N) is 1. The fourth-order valence-electron chi connectivity index (χ4n) is 2.83. The number of hydrogen-bond donors (Lipinski definition) is 0. The van der Waals surface area contributed by atoms with Crippen molar-refractivity contribution in [3.63, 3.8) is 0 Å². The Morgan fingerprint density at radius 3 is 2.50 bits per heavy atom. The number of rotatable bonds is 7. The molecule has 0 atom stereocenters. The topological polar surface area (TPSA) is 42.2 Å². The lowest BCUT2D eigenvalue weighted by Gasteiger charge is -2.15. The first kappa shape index (κ1) is 22.1. The van der Waals surface area contributed by atoms with Crippen LogP contribution in [0.4, 0.5) is 4.39 Å². The Labute approximate surface area is 192 Å². The summed E-state index contributed by atoms with van der Waals surface area (Å²) in [5.41, 5.74) is 2.87. The van der Waals surface area contributed by atoms with Gasteiger partial charge in [0, 0.05) is 4.47 Å². The summed E-state index contributed by atoms with van der Waals surface area (Å²) >= 11 is 6.94. The molecular weight excluding hydrogens is 513 g/mol. The molecular formula is C24H18Br2FNO2. The van der Waals surface area contributed by atoms with Gasteiger partial charge in [-0.2, -0.15) is 5.26 Å². The van der Waals surface area contributed by atoms with E-state index in [0.717, 1.165) is 21.2 Å². The number of hydrogen-bond acceptors (Lipinski definition) is 3. The molecule has 6 heteroatoms. The SMILES string of the molecule is CCOc1cc(/C=C(\C#N)c2ccc(Br)cc2)cc(Br)c1OCc1cccc(F)c1. The number of halogens is 3. The van der Waals surface area contributed by atoms with Gasteiger partial charge in [0.05, 0.1) is 22.7 Å². The minimum absolute atomic E-state index is 0.202. The van der Waals surface area contributed by atoms with Crippen LogP contribution in [0.2, 0.25) is 0 Å². The molecule has 3 aromatic rings. The molecule has 0 heterocycles. The molecule has 0 saturated carbocycles. The first-order valence-electron chi connectivity index (χ1n) is 9.21. The fraction of sp³-hybridized carbons (Fsp3) is 0.125. The van der Waals surface area contributed by atoms with Crippen LogP contribution in [-0.2, 0) is 6.61 Å². The molecule has 0 amide bonds. The highest BCUT2D eigenvalue weighted by Gasteiger charge is 2.13. The van der Waals surface area contributed by atoms with Crippen molar-refractivity contribution in [2.75, 3.05) is 6.61 Å². The first-order chi connectivity index (χ1) is 14.5. The normalized spacial score (nSPS) is 11.1. The lowest BCUT2D eigenvalue weighted by molar-refractivity contribution is 0.267. The molecule has 0 aliphatic heterocycles. The average Bonchev–Trinajstić information content (AvgIpc) is 2.72. The summed E-state index contributed by atoms with van der Waals surface area (Å²) in [6, 6.07) is 19.8. The maximum atomic E-state index is 13.4. The van der Waals surface area contributed by atoms with E-state index in [-0.39, 0.29) is 12.4 Å². The zero-order valence-electron chi connectivity index (χ0n) is 16.2. The Balaban J connectivity index is 1.92. The van der Waals surface area contributed by atoms with E-state index in [9.17, 15) is 9.65 Å². The lowest BCUT2D eigenvalue weighted by atomic mass is 10.0. The minimum Gasteiger partial charge on any atom is -0.490 e. The molecule has 152 valence electrons. The van der Waals surface area contributed by atoms with Crippen LogP contribution in [0.1, 0.15) is 23.6 Å². The number of benzene rings is 3. The van der Waals surface area contributed by atoms with Gasteiger partial charge in [-0.05, 0) is 82.0 Å². The zero-order valence-corrected chi connectivity index (χ0v) is 19.3. The fourth-order valence-corrected chi connectivity index (χ4v) is 3.67. The van der Waals surface area contributed by atoms with Crippen LogP contribution < -0.4 is 9.47 Å². The van der Waals surface area contributed by atoms with Gasteiger partial charge in [-0.15, -0.1) is 0 Å². The molecule has 0 aliphatic carbocycles. The second kappa shape index (κ2) is 10.4. The third kappa shape index (κ3) is 5.71. The highest BCUT2D eigenvalue weighted by Crippen LogP contribution is 2.38. The molecule has 0 radical (unpaired) electrons. The van der Waals surface area contributed by atoms with E-state index in [2.05, 4.69) is 37.9 Å². The molecule has 3 nitrogen and oxygen atoms in total. The molecule has 0 saturated heterocycles. The van der Waals surface area contributed by atoms with Crippen molar-refractivity contribution in [1.82, 2.24) is 0 Å². The third-order valence-electron chi connectivity index (χ3n) is 4.19. The maximum absolute atomic E-state index is 13.4. The van der Waals surface area contributed by atoms with Crippen molar-refractivity contribution >= 4 is 43.5 Å². The quantitative estimate of drug-likeness (QED) is 0.236. The summed E-state index contributed by atoms with van der Waals surface area (Å²) in [6.45, 7) is 2.54. The number of nitriles is 1. The summed E-state index contributed by atoms with van der Waals surface area (Å²) < 4.78 is 26.7. The summed E-state index contributed by atoms with van der Waals surface area (Å²) in [7, 11) is 0. The van der Waals surface area contributed by atoms with Crippen molar-refractivity contribution in [2.24, 2.45) is 0 Å². The van der Waals surface area contributed by atoms with E-state index in [4.69, 9.17) is 9.47 Å². The summed E-state index contributed by atoms with van der Waals surface area (Å²) in [5, 5.41) is 9.61. The highest BCUT2D eigenvalue weighted by molar-refractivity contribution is 9.10. The predicted molar refractivity (Wildman–Crippen MR) is 124 cm³/mol. The summed E-state index contributed by atoms with van der Waals surface area (Å²) in [6.07, 6.45) is 1.80. The molecule has 30 heavy (non-hydrogen) atoms. The largest absolute Gasteiger partial charge is 0.490 e. The molecule has 0 spiro atoms. The molecule has 0 aromatic heterocycles. The van der Waals surface area contributed by atoms with E-state index in [1.54, 1.807) is 18.2 Å². The smallest absolute Gasteiger partial charge is 0.175 e. The van der Waals surface area contributed by atoms with Gasteiger partial charge in [-0.3, -0.25) is 0 Å². The van der Waals surface area contributed by atoms with Gasteiger partial charge >= 0.3 is 0 Å². The van der Waals surface area contributed by atoms with E-state index in [1.165, 1.54) is 12.1 Å². The van der Waals surface area contributed by atoms with E-state index in [0.29, 0.717) is 28.2 Å². The Morgan fingerprint density at radius 1 is 1.07 bits per heavy atom. The first-order valence-corrected chi connectivity index (χ1v) is 10.8. The Hall–Kier alpha value is -2.62. The van der Waals surface area contributed by atoms with E-state index < -0.39 is 0 Å². The lowest BCUT2D eigenvalue weighted by Crippen LogP contribution is -2.01. The molecule has 0 aliphatic rings. The van der Waals surface area contributed by atoms with Crippen LogP contribution in [0.5, 0.6) is 11.5 Å². The Morgan fingerprint density at radius 2 is 1.83 bits per heavy atom. The van der Waals surface area contributed by atoms with Crippen molar-refractivity contribution in [3.8, 4) is 17.6 Å². The van der Waals surface area contributed by atoms with Gasteiger partial charge in [-0.25, -0.2) is 4.39 Å². The van der Waals surface area contributed by atoms with E-state index in [1.807, 2.05) is 43.3 Å². The Bertz CT molecular complexity index is 1110. The van der Waals surface area contributed by atoms with Crippen LogP contribution in [0.15, 0.2) is 69.6 Å². The van der Waals surface area contributed by atoms with Crippen LogP contribution in [0.3, 0.4) is 0 Å². The standard InChI is InChI=1S/C24H18Br2FNO2/c1-2-29-23-13-17(10-19(14-28)18-6-8-20(25)9-7-18)12-22(26)24(23)30-15-16-4-3-5-21(27)11-16/h3-13H,2,15H2,1H3/b19-10+. The van der Waals surface area contributed by atoms with Gasteiger partial charge in [0.1, 0.15) is 12.4 Å². The van der Waals surface area contributed by atoms with Crippen molar-refractivity contribution < 1.29 is 13.9 Å². The molecule has 3 rings (SSSR count). The van der Waals surface area contributed by atoms with Crippen LogP contribution in [-0.4, -0.2) is 6.61 Å². The van der Waals surface area contributed by atoms with Gasteiger partial charge in [-0.1, -0.05) is 40.2 Å². The number of ether oxygens (including phenoxy) is 2. The molecule has 0 unspecified atom stereocenters. The van der Waals surface area contributed by atoms with Crippen LogP contribution in [0.25, 0.3) is 11.6 Å². The van der Waals surface area contributed by atoms with Crippen LogP contribution >= 0.6 is 31.9 Å². The second-order valence-corrected chi connectivity index (χ2v) is 8.13. The molecule has 0 N–H and O–H groups in total. The van der Waals surface area contributed by atoms with Crippen LogP contribution in [0, 0.1) is 17.1 Å². The average molecular weight is 531 g/mol. The van der Waals surface area contributed by atoms with Gasteiger partial charge in [0.25, 0.3) is 0 Å². The Kier molecular flexibility index (Phi) is 7.67. The van der Waals surface area contributed by atoms with Gasteiger partial charge in [0.2, 0.25) is 0 Å². The summed E-state index contributed by atoms with van der Waals surface area (Å²) in [5.74, 6) is 0.765. The van der Waals surface area contributed by atoms with Gasteiger partial charge < -0.3 is 9.47 Å². The highest BCUT2D eigenvalue weighted by atomic mass is 79.9. The number of allylic oxidation sites excluding steroid dienone is 1. The maximum Gasteiger partial charge on any atom is 0.175 e. The van der Waals surface area contributed by atoms with Gasteiger partial charge in [0.15, 0.2) is 11.5 Å². The summed E-state index contributed by atoms with van der Waals surface area (Å²) in [4.78, 5) is 0. The molecule has 0 bridgehead atoms. The molecule has 3 aromatic carbocycles. The zero-order chi connectivity index (χ0) is 21.5. The van der Waals surface area contributed by atoms with E-state index >= 15 is 0 Å². The predicted octanol–water partition coefficient (Wildman–Crippen LogP) is 7.39. The second-order valence-electron chi connectivity index (χ2n) is 6.36. The van der Waals surface area contributed by atoms with Crippen molar-refractivity contribution in [1.29, 1.82) is 5.26 Å². The van der Waals surface area contributed by atoms with Crippen molar-refractivity contribution in [2.45, 2.75) is 13.5 Å². The monoisotopic (exact) mass is 529 g/mol. The molecule has 0 fully saturated rings.